The summed E-state index contributed by atoms with van der Waals surface area (Å²) in [5.74, 6) is -3.62. The molecule has 344 valence electrons. The monoisotopic (exact) mass is 888 g/mol. The second-order valence-electron chi connectivity index (χ2n) is 17.4. The highest BCUT2D eigenvalue weighted by Gasteiger charge is 2.36. The number of amides is 2. The van der Waals surface area contributed by atoms with Crippen LogP contribution in [0.4, 0.5) is 0 Å². The minimum absolute atomic E-state index is 0.0148. The van der Waals surface area contributed by atoms with E-state index in [2.05, 4.69) is 31.2 Å². The molecule has 1 aromatic heterocycles. The number of fused-ring (bicyclic) bond motifs is 5. The third-order valence-electron chi connectivity index (χ3n) is 11.4. The Kier molecular flexibility index (Phi) is 17.0. The maximum absolute atomic E-state index is 14.7. The largest absolute Gasteiger partial charge is 0.492 e. The molecular formula is C49H60N8O8. The Labute approximate surface area is 379 Å². The topological polar surface area (TPSA) is 256 Å². The number of likely N-dealkylation sites (N-methyl/N-ethyl adjacent to an activating group) is 1. The molecule has 4 aromatic rings. The molecule has 65 heavy (non-hydrogen) atoms. The molecule has 0 radical (unpaired) electrons. The number of carbonyl (C=O) groups excluding carboxylic acids is 5. The van der Waals surface area contributed by atoms with Gasteiger partial charge >= 0.3 is 0 Å². The average molecular weight is 889 g/mol. The first-order chi connectivity index (χ1) is 31.0. The van der Waals surface area contributed by atoms with E-state index in [1.807, 2.05) is 18.2 Å². The van der Waals surface area contributed by atoms with E-state index in [0.29, 0.717) is 39.4 Å². The van der Waals surface area contributed by atoms with Gasteiger partial charge in [-0.3, -0.25) is 28.8 Å². The zero-order valence-electron chi connectivity index (χ0n) is 37.8. The minimum atomic E-state index is -1.28. The number of hydrogen-bond donors (Lipinski definition) is 4. The van der Waals surface area contributed by atoms with Crippen molar-refractivity contribution >= 4 is 29.2 Å². The lowest BCUT2D eigenvalue weighted by molar-refractivity contribution is -0.142. The van der Waals surface area contributed by atoms with Crippen LogP contribution in [-0.4, -0.2) is 89.8 Å². The number of ether oxygens (including phenoxy) is 2. The Morgan fingerprint density at radius 3 is 2.15 bits per heavy atom. The Balaban J connectivity index is 1.55. The predicted molar refractivity (Wildman–Crippen MR) is 245 cm³/mol. The molecule has 16 nitrogen and oxygen atoms in total. The van der Waals surface area contributed by atoms with E-state index in [4.69, 9.17) is 26.7 Å². The van der Waals surface area contributed by atoms with E-state index in [1.54, 1.807) is 55.5 Å². The summed E-state index contributed by atoms with van der Waals surface area (Å²) in [7, 11) is 1.46. The number of carbonyl (C=O) groups is 5. The van der Waals surface area contributed by atoms with Crippen LogP contribution in [0.2, 0.25) is 0 Å². The Morgan fingerprint density at radius 2 is 1.55 bits per heavy atom. The lowest BCUT2D eigenvalue weighted by Gasteiger charge is -2.32. The molecule has 1 aliphatic rings. The SMILES string of the molecule is C[C@@H]1CC(=O)[C@@H](N(C)C(=O)[C@H](CCN)CC(=O)c2cnn(-c3ccc(C(C)(C)C)cc3)c(=O)c2)c2ccc(OCCN)c(c2)-c2cc(ccc2OCCN)C[C@@H](C(=O)CCC#N)NC1=O. The molecule has 0 spiro atoms. The third kappa shape index (κ3) is 12.4. The highest BCUT2D eigenvalue weighted by molar-refractivity contribution is 6.00. The number of nitriles is 1. The van der Waals surface area contributed by atoms with Gasteiger partial charge in [0.2, 0.25) is 11.8 Å². The minimum Gasteiger partial charge on any atom is -0.492 e. The molecular weight excluding hydrogens is 829 g/mol. The standard InChI is InChI=1S/C49H60N8O8/c1-30-23-42(60)46(56(5)48(63)33(16-18-51)27-41(59)34-28-45(61)57(54-29-34)36-12-10-35(11-13-36)49(2,3)4)32-9-15-44(65-22-20-53)38(26-32)37-24-31(8-14-43(37)64-21-19-52)25-39(55-47(30)62)40(58)7-6-17-50/h8-15,24,26,28-30,33,39,46H,6-7,16,18-23,25,27,51-53H2,1-5H3,(H,55,62)/t30-,33-,39+,46+/m1/s1. The molecule has 4 atom stereocenters. The summed E-state index contributed by atoms with van der Waals surface area (Å²) in [6.45, 7) is 8.55. The fourth-order valence-electron chi connectivity index (χ4n) is 7.84. The number of aromatic nitrogens is 2. The van der Waals surface area contributed by atoms with E-state index in [-0.39, 0.29) is 88.1 Å². The number of benzene rings is 3. The second-order valence-corrected chi connectivity index (χ2v) is 17.4. The summed E-state index contributed by atoms with van der Waals surface area (Å²) in [6.07, 6.45) is 0.654. The first-order valence-corrected chi connectivity index (χ1v) is 21.9. The van der Waals surface area contributed by atoms with Crippen LogP contribution in [0.15, 0.2) is 77.7 Å². The third-order valence-corrected chi connectivity index (χ3v) is 11.4. The van der Waals surface area contributed by atoms with Gasteiger partial charge in [-0.05, 0) is 77.9 Å². The first-order valence-electron chi connectivity index (χ1n) is 21.9. The van der Waals surface area contributed by atoms with Gasteiger partial charge < -0.3 is 36.9 Å². The quantitative estimate of drug-likeness (QED) is 0.109. The van der Waals surface area contributed by atoms with Gasteiger partial charge in [0, 0.05) is 80.4 Å². The molecule has 0 unspecified atom stereocenters. The fraction of sp³-hybridized carbons (Fsp3) is 0.429. The molecule has 2 amide bonds. The molecule has 16 heteroatoms. The van der Waals surface area contributed by atoms with Crippen LogP contribution in [0.5, 0.6) is 11.5 Å². The van der Waals surface area contributed by atoms with Crippen LogP contribution in [0.1, 0.15) is 92.9 Å². The molecule has 5 rings (SSSR count). The van der Waals surface area contributed by atoms with Gasteiger partial charge in [-0.25, -0.2) is 0 Å². The number of Topliss-reactive ketones (excluding diaryl/α,β-unsaturated/α-hetero) is 3. The number of nitrogens with two attached hydrogens (primary N) is 3. The summed E-state index contributed by atoms with van der Waals surface area (Å²) in [5.41, 5.74) is 20.7. The van der Waals surface area contributed by atoms with E-state index in [9.17, 15) is 34.0 Å². The van der Waals surface area contributed by atoms with Crippen molar-refractivity contribution in [3.8, 4) is 34.4 Å². The molecule has 2 heterocycles. The maximum atomic E-state index is 14.7. The normalized spacial score (nSPS) is 16.9. The van der Waals surface area contributed by atoms with Gasteiger partial charge in [0.25, 0.3) is 5.56 Å². The second kappa shape index (κ2) is 22.4. The average Bonchev–Trinajstić information content (AvgIpc) is 3.28. The molecule has 7 N–H and O–H groups in total. The Bertz CT molecular complexity index is 2470. The molecule has 3 aromatic carbocycles. The number of rotatable bonds is 17. The van der Waals surface area contributed by atoms with Gasteiger partial charge in [-0.1, -0.05) is 52.0 Å². The molecule has 0 fully saturated rings. The van der Waals surface area contributed by atoms with Crippen LogP contribution in [0.3, 0.4) is 0 Å². The van der Waals surface area contributed by atoms with Gasteiger partial charge in [0.05, 0.1) is 24.0 Å². The van der Waals surface area contributed by atoms with Crippen molar-refractivity contribution in [3.63, 3.8) is 0 Å². The van der Waals surface area contributed by atoms with Crippen molar-refractivity contribution in [3.05, 3.63) is 106 Å². The summed E-state index contributed by atoms with van der Waals surface area (Å²) in [5, 5.41) is 16.3. The van der Waals surface area contributed by atoms with Crippen LogP contribution in [0, 0.1) is 23.2 Å². The van der Waals surface area contributed by atoms with Crippen molar-refractivity contribution < 1.29 is 33.4 Å². The number of nitrogens with zero attached hydrogens (tertiary/aromatic N) is 4. The first kappa shape index (κ1) is 49.5. The molecule has 0 saturated heterocycles. The molecule has 1 aliphatic heterocycles. The number of ketones is 3. The van der Waals surface area contributed by atoms with Gasteiger partial charge in [0.1, 0.15) is 30.8 Å². The summed E-state index contributed by atoms with van der Waals surface area (Å²) < 4.78 is 13.4. The number of hydrogen-bond acceptors (Lipinski definition) is 13. The molecule has 0 aliphatic carbocycles. The van der Waals surface area contributed by atoms with Crippen molar-refractivity contribution in [2.75, 3.05) is 39.9 Å². The summed E-state index contributed by atoms with van der Waals surface area (Å²) in [4.78, 5) is 85.0. The van der Waals surface area contributed by atoms with Crippen LogP contribution < -0.4 is 37.6 Å². The Hall–Kier alpha value is -6.54. The predicted octanol–water partition coefficient (Wildman–Crippen LogP) is 4.12. The van der Waals surface area contributed by atoms with E-state index >= 15 is 0 Å². The molecule has 4 bridgehead atoms. The highest BCUT2D eigenvalue weighted by Crippen LogP contribution is 2.41. The van der Waals surface area contributed by atoms with Crippen LogP contribution >= 0.6 is 0 Å². The fourth-order valence-corrected chi connectivity index (χ4v) is 7.84. The smallest absolute Gasteiger partial charge is 0.272 e. The lowest BCUT2D eigenvalue weighted by Crippen LogP contribution is -2.46. The highest BCUT2D eigenvalue weighted by atomic mass is 16.5. The van der Waals surface area contributed by atoms with E-state index < -0.39 is 52.9 Å². The molecule has 0 saturated carbocycles. The zero-order valence-corrected chi connectivity index (χ0v) is 37.8. The van der Waals surface area contributed by atoms with Crippen molar-refractivity contribution in [1.82, 2.24) is 20.0 Å². The Morgan fingerprint density at radius 1 is 0.908 bits per heavy atom. The van der Waals surface area contributed by atoms with E-state index in [1.165, 1.54) is 28.9 Å². The van der Waals surface area contributed by atoms with Crippen LogP contribution in [-0.2, 0) is 31.0 Å². The van der Waals surface area contributed by atoms with Crippen molar-refractivity contribution in [1.29, 1.82) is 5.26 Å². The summed E-state index contributed by atoms with van der Waals surface area (Å²) in [6, 6.07) is 18.6. The maximum Gasteiger partial charge on any atom is 0.272 e. The lowest BCUT2D eigenvalue weighted by atomic mass is 9.87. The van der Waals surface area contributed by atoms with Gasteiger partial charge in [0.15, 0.2) is 17.3 Å². The van der Waals surface area contributed by atoms with E-state index in [0.717, 1.165) is 5.56 Å². The van der Waals surface area contributed by atoms with Crippen molar-refractivity contribution in [2.24, 2.45) is 29.0 Å². The van der Waals surface area contributed by atoms with Crippen LogP contribution in [0.25, 0.3) is 16.8 Å². The van der Waals surface area contributed by atoms with Gasteiger partial charge in [-0.2, -0.15) is 15.0 Å². The van der Waals surface area contributed by atoms with Crippen molar-refractivity contribution in [2.45, 2.75) is 83.7 Å². The number of nitrogens with one attached hydrogen (secondary N) is 1. The summed E-state index contributed by atoms with van der Waals surface area (Å²) >= 11 is 0. The van der Waals surface area contributed by atoms with Gasteiger partial charge in [-0.15, -0.1) is 0 Å². The zero-order chi connectivity index (χ0) is 47.4.